The molecule has 0 unspecified atom stereocenters. The lowest BCUT2D eigenvalue weighted by Gasteiger charge is -2.11. The molecule has 220 valence electrons. The lowest BCUT2D eigenvalue weighted by molar-refractivity contribution is -0.740. The molecule has 1 heterocycles. The maximum atomic E-state index is 12.6. The van der Waals surface area contributed by atoms with E-state index in [0.29, 0.717) is 6.07 Å². The molecular weight excluding hydrogens is 587 g/mol. The average molecular weight is 611 g/mol. The van der Waals surface area contributed by atoms with Gasteiger partial charge in [-0.1, -0.05) is 60.1 Å². The molecule has 0 saturated carbocycles. The Kier molecular flexibility index (Phi) is 9.15. The standard InChI is InChI=1S/C17H17N2.C14H7ClF3NO5/c1-18-16(14-9-5-3-6-10-14)13-17(19(18)2)15-11-7-4-8-12-15;15-10-5-7(14(16,17)18)1-4-12(10)24-8-2-3-11(19(22)23)9(6-8)13(20)21/h3-13H,1-2H3;1-6H,(H,20,21)/q+1;. The van der Waals surface area contributed by atoms with Crippen molar-refractivity contribution >= 4 is 23.3 Å². The van der Waals surface area contributed by atoms with Gasteiger partial charge in [0.05, 0.1) is 22.6 Å². The molecule has 0 aliphatic carbocycles. The number of aromatic carboxylic acids is 1. The number of hydrogen-bond acceptors (Lipinski definition) is 4. The molecule has 0 atom stereocenters. The average Bonchev–Trinajstić information content (AvgIpc) is 3.28. The largest absolute Gasteiger partial charge is 0.477 e. The number of alkyl halides is 3. The zero-order valence-corrected chi connectivity index (χ0v) is 23.5. The number of nitro groups is 1. The summed E-state index contributed by atoms with van der Waals surface area (Å²) in [5.74, 6) is -1.83. The van der Waals surface area contributed by atoms with Crippen molar-refractivity contribution in [1.29, 1.82) is 0 Å². The van der Waals surface area contributed by atoms with Gasteiger partial charge in [-0.25, -0.2) is 4.79 Å². The number of benzene rings is 4. The van der Waals surface area contributed by atoms with E-state index in [9.17, 15) is 28.1 Å². The number of hydrogen-bond donors (Lipinski definition) is 1. The first-order chi connectivity index (χ1) is 20.4. The first-order valence-corrected chi connectivity index (χ1v) is 13.0. The van der Waals surface area contributed by atoms with Crippen LogP contribution in [-0.4, -0.2) is 20.7 Å². The summed E-state index contributed by atoms with van der Waals surface area (Å²) >= 11 is 5.72. The van der Waals surface area contributed by atoms with Crippen LogP contribution in [-0.2, 0) is 20.3 Å². The maximum absolute atomic E-state index is 12.6. The normalized spacial score (nSPS) is 10.9. The molecule has 0 radical (unpaired) electrons. The van der Waals surface area contributed by atoms with Crippen molar-refractivity contribution in [3.63, 3.8) is 0 Å². The molecule has 0 amide bonds. The highest BCUT2D eigenvalue weighted by Crippen LogP contribution is 2.37. The topological polar surface area (TPSA) is 98.5 Å². The van der Waals surface area contributed by atoms with Gasteiger partial charge < -0.3 is 9.84 Å². The van der Waals surface area contributed by atoms with Crippen molar-refractivity contribution in [2.75, 3.05) is 0 Å². The molecule has 1 aromatic heterocycles. The Hall–Kier alpha value is -5.16. The van der Waals surface area contributed by atoms with Gasteiger partial charge in [-0.3, -0.25) is 10.1 Å². The number of aromatic nitrogens is 2. The third-order valence-electron chi connectivity index (χ3n) is 6.44. The maximum Gasteiger partial charge on any atom is 0.416 e. The summed E-state index contributed by atoms with van der Waals surface area (Å²) in [7, 11) is 4.18. The molecule has 5 aromatic rings. The minimum absolute atomic E-state index is 0.125. The molecule has 12 heteroatoms. The van der Waals surface area contributed by atoms with Crippen molar-refractivity contribution in [1.82, 2.24) is 4.68 Å². The Bertz CT molecular complexity index is 1720. The number of carboxylic acids is 1. The van der Waals surface area contributed by atoms with Crippen LogP contribution in [0.1, 0.15) is 15.9 Å². The fourth-order valence-corrected chi connectivity index (χ4v) is 4.41. The molecule has 8 nitrogen and oxygen atoms in total. The van der Waals surface area contributed by atoms with Crippen LogP contribution < -0.4 is 9.42 Å². The van der Waals surface area contributed by atoms with E-state index < -0.39 is 33.9 Å². The van der Waals surface area contributed by atoms with Gasteiger partial charge in [0.2, 0.25) is 5.69 Å². The van der Waals surface area contributed by atoms with Crippen molar-refractivity contribution in [3.05, 3.63) is 129 Å². The van der Waals surface area contributed by atoms with Gasteiger partial charge in [-0.15, -0.1) is 4.68 Å². The lowest BCUT2D eigenvalue weighted by atomic mass is 10.1. The van der Waals surface area contributed by atoms with Crippen LogP contribution in [0, 0.1) is 10.1 Å². The molecule has 0 spiro atoms. The summed E-state index contributed by atoms with van der Waals surface area (Å²) in [6.07, 6.45) is -4.58. The predicted octanol–water partition coefficient (Wildman–Crippen LogP) is 7.94. The molecule has 4 aromatic carbocycles. The molecule has 1 N–H and O–H groups in total. The molecular formula is C31H24ClF3N3O5+. The summed E-state index contributed by atoms with van der Waals surface area (Å²) in [6, 6.07) is 28.5. The Labute approximate surface area is 248 Å². The number of carbonyl (C=O) groups is 1. The van der Waals surface area contributed by atoms with E-state index in [1.807, 2.05) is 12.1 Å². The molecule has 0 aliphatic heterocycles. The third kappa shape index (κ3) is 7.19. The van der Waals surface area contributed by atoms with Crippen LogP contribution in [0.5, 0.6) is 11.5 Å². The van der Waals surface area contributed by atoms with E-state index in [4.69, 9.17) is 21.4 Å². The van der Waals surface area contributed by atoms with Crippen LogP contribution in [0.4, 0.5) is 18.9 Å². The third-order valence-corrected chi connectivity index (χ3v) is 6.74. The number of nitrogens with zero attached hydrogens (tertiary/aromatic N) is 3. The van der Waals surface area contributed by atoms with Gasteiger partial charge in [0.15, 0.2) is 7.05 Å². The van der Waals surface area contributed by atoms with Crippen LogP contribution in [0.3, 0.4) is 0 Å². The Morgan fingerprint density at radius 2 is 1.53 bits per heavy atom. The number of ether oxygens (including phenoxy) is 1. The monoisotopic (exact) mass is 610 g/mol. The van der Waals surface area contributed by atoms with E-state index in [1.165, 1.54) is 22.5 Å². The molecule has 0 aliphatic rings. The fourth-order valence-electron chi connectivity index (χ4n) is 4.19. The van der Waals surface area contributed by atoms with Crippen molar-refractivity contribution in [2.24, 2.45) is 14.1 Å². The van der Waals surface area contributed by atoms with E-state index >= 15 is 0 Å². The second kappa shape index (κ2) is 12.8. The zero-order valence-electron chi connectivity index (χ0n) is 22.7. The lowest BCUT2D eigenvalue weighted by Crippen LogP contribution is -2.39. The Morgan fingerprint density at radius 3 is 2.07 bits per heavy atom. The summed E-state index contributed by atoms with van der Waals surface area (Å²) in [4.78, 5) is 20.9. The van der Waals surface area contributed by atoms with Gasteiger partial charge in [0.1, 0.15) is 22.8 Å². The van der Waals surface area contributed by atoms with E-state index in [-0.39, 0.29) is 16.5 Å². The van der Waals surface area contributed by atoms with Crippen LogP contribution in [0.25, 0.3) is 22.5 Å². The number of carboxylic acid groups (broad SMARTS) is 1. The van der Waals surface area contributed by atoms with E-state index in [0.717, 1.165) is 30.3 Å². The zero-order chi connectivity index (χ0) is 31.3. The van der Waals surface area contributed by atoms with Gasteiger partial charge in [-0.2, -0.15) is 17.9 Å². The minimum atomic E-state index is -4.58. The Morgan fingerprint density at radius 1 is 0.930 bits per heavy atom. The molecule has 0 fully saturated rings. The van der Waals surface area contributed by atoms with Crippen molar-refractivity contribution < 1.29 is 37.4 Å². The van der Waals surface area contributed by atoms with Gasteiger partial charge in [0.25, 0.3) is 5.69 Å². The smallest absolute Gasteiger partial charge is 0.416 e. The highest BCUT2D eigenvalue weighted by molar-refractivity contribution is 6.32. The van der Waals surface area contributed by atoms with Crippen molar-refractivity contribution in [3.8, 4) is 34.0 Å². The SMILES string of the molecule is Cn1c(-c2ccccc2)cc(-c2ccccc2)[n+]1C.O=C(O)c1cc(Oc2ccc(C(F)(F)F)cc2Cl)ccc1[N+](=O)[O-]. The molecule has 43 heavy (non-hydrogen) atoms. The summed E-state index contributed by atoms with van der Waals surface area (Å²) in [5, 5.41) is 19.4. The predicted molar refractivity (Wildman–Crippen MR) is 154 cm³/mol. The van der Waals surface area contributed by atoms with Crippen molar-refractivity contribution in [2.45, 2.75) is 6.18 Å². The van der Waals surface area contributed by atoms with Crippen LogP contribution >= 0.6 is 11.6 Å². The highest BCUT2D eigenvalue weighted by atomic mass is 35.5. The van der Waals surface area contributed by atoms with E-state index in [1.54, 1.807) is 0 Å². The second-order valence-electron chi connectivity index (χ2n) is 9.18. The summed E-state index contributed by atoms with van der Waals surface area (Å²) in [5.41, 5.74) is 2.68. The quantitative estimate of drug-likeness (QED) is 0.120. The first-order valence-electron chi connectivity index (χ1n) is 12.6. The summed E-state index contributed by atoms with van der Waals surface area (Å²) in [6.45, 7) is 0. The highest BCUT2D eigenvalue weighted by Gasteiger charge is 2.31. The number of nitro benzene ring substituents is 1. The summed E-state index contributed by atoms with van der Waals surface area (Å²) < 4.78 is 47.3. The van der Waals surface area contributed by atoms with Gasteiger partial charge in [0, 0.05) is 29.3 Å². The molecule has 0 saturated heterocycles. The molecule has 0 bridgehead atoms. The first kappa shape index (κ1) is 30.8. The van der Waals surface area contributed by atoms with Crippen LogP contribution in [0.15, 0.2) is 103 Å². The Balaban J connectivity index is 0.000000202. The second-order valence-corrected chi connectivity index (χ2v) is 9.59. The van der Waals surface area contributed by atoms with E-state index in [2.05, 4.69) is 78.1 Å². The fraction of sp³-hybridized carbons (Fsp3) is 0.0968. The van der Waals surface area contributed by atoms with Gasteiger partial charge >= 0.3 is 12.1 Å². The molecule has 5 rings (SSSR count). The number of rotatable bonds is 6. The number of halogens is 4. The van der Waals surface area contributed by atoms with Gasteiger partial charge in [-0.05, 0) is 36.4 Å². The minimum Gasteiger partial charge on any atom is -0.477 e. The van der Waals surface area contributed by atoms with Crippen LogP contribution in [0.2, 0.25) is 5.02 Å².